The first-order valence-electron chi connectivity index (χ1n) is 7.51. The maximum absolute atomic E-state index is 13.7. The number of hydrogen-bond donors (Lipinski definition) is 1. The van der Waals surface area contributed by atoms with Crippen LogP contribution < -0.4 is 4.72 Å². The Kier molecular flexibility index (Phi) is 4.29. The van der Waals surface area contributed by atoms with Crippen molar-refractivity contribution in [3.63, 3.8) is 0 Å². The van der Waals surface area contributed by atoms with Crippen LogP contribution >= 0.6 is 0 Å². The molecule has 1 heterocycles. The van der Waals surface area contributed by atoms with Crippen LogP contribution in [0.25, 0.3) is 0 Å². The fraction of sp³-hybridized carbons (Fsp3) is 0.400. The molecule has 1 aromatic carbocycles. The fourth-order valence-corrected chi connectivity index (χ4v) is 4.12. The molecule has 1 aliphatic rings. The molecule has 0 unspecified atom stereocenters. The van der Waals surface area contributed by atoms with Gasteiger partial charge < -0.3 is 0 Å². The molecule has 24 heavy (non-hydrogen) atoms. The summed E-state index contributed by atoms with van der Waals surface area (Å²) < 4.78 is 68.4. The van der Waals surface area contributed by atoms with Gasteiger partial charge in [-0.2, -0.15) is 5.10 Å². The summed E-state index contributed by atoms with van der Waals surface area (Å²) in [6, 6.07) is 1.64. The zero-order valence-electron chi connectivity index (χ0n) is 12.9. The van der Waals surface area contributed by atoms with Crippen molar-refractivity contribution in [1.82, 2.24) is 9.78 Å². The first kappa shape index (κ1) is 16.8. The molecule has 0 saturated heterocycles. The summed E-state index contributed by atoms with van der Waals surface area (Å²) in [6.07, 6.45) is 5.36. The molecule has 5 nitrogen and oxygen atoms in total. The third-order valence-electron chi connectivity index (χ3n) is 4.14. The zero-order valence-corrected chi connectivity index (χ0v) is 13.7. The average Bonchev–Trinajstić information content (AvgIpc) is 3.17. The molecule has 0 radical (unpaired) electrons. The predicted octanol–water partition coefficient (Wildman–Crippen LogP) is 3.52. The minimum atomic E-state index is -4.17. The van der Waals surface area contributed by atoms with E-state index >= 15 is 0 Å². The van der Waals surface area contributed by atoms with Gasteiger partial charge in [-0.1, -0.05) is 12.8 Å². The summed E-state index contributed by atoms with van der Waals surface area (Å²) in [6.45, 7) is 1.53. The number of anilines is 1. The van der Waals surface area contributed by atoms with E-state index in [0.29, 0.717) is 6.07 Å². The molecule has 0 atom stereocenters. The third kappa shape index (κ3) is 3.00. The monoisotopic (exact) mass is 359 g/mol. The third-order valence-corrected chi connectivity index (χ3v) is 5.61. The van der Waals surface area contributed by atoms with Gasteiger partial charge in [0.1, 0.15) is 4.90 Å². The van der Waals surface area contributed by atoms with Crippen LogP contribution in [0.2, 0.25) is 0 Å². The molecule has 0 aliphatic heterocycles. The molecule has 1 aromatic heterocycles. The maximum atomic E-state index is 13.7. The Bertz CT molecular complexity index is 874. The SMILES string of the molecule is Cc1nn(C2CCCC2)cc1S(=O)(=O)Nc1ccc(F)c(F)c1F. The van der Waals surface area contributed by atoms with Gasteiger partial charge in [-0.25, -0.2) is 21.6 Å². The Labute approximate surface area is 137 Å². The van der Waals surface area contributed by atoms with Gasteiger partial charge >= 0.3 is 0 Å². The van der Waals surface area contributed by atoms with E-state index in [1.807, 2.05) is 4.72 Å². The smallest absolute Gasteiger partial charge is 0.265 e. The van der Waals surface area contributed by atoms with Crippen LogP contribution in [0.5, 0.6) is 0 Å². The first-order valence-corrected chi connectivity index (χ1v) is 9.00. The lowest BCUT2D eigenvalue weighted by Gasteiger charge is -2.09. The van der Waals surface area contributed by atoms with Crippen LogP contribution in [0.15, 0.2) is 23.2 Å². The van der Waals surface area contributed by atoms with Gasteiger partial charge in [-0.05, 0) is 31.9 Å². The molecule has 1 N–H and O–H groups in total. The van der Waals surface area contributed by atoms with Gasteiger partial charge in [0.05, 0.1) is 17.4 Å². The molecule has 0 amide bonds. The molecule has 1 fully saturated rings. The molecule has 9 heteroatoms. The van der Waals surface area contributed by atoms with Crippen LogP contribution in [0.3, 0.4) is 0 Å². The van der Waals surface area contributed by atoms with Crippen molar-refractivity contribution in [2.24, 2.45) is 0 Å². The summed E-state index contributed by atoms with van der Waals surface area (Å²) in [5, 5.41) is 4.22. The summed E-state index contributed by atoms with van der Waals surface area (Å²) in [4.78, 5) is -0.112. The van der Waals surface area contributed by atoms with E-state index in [-0.39, 0.29) is 16.6 Å². The van der Waals surface area contributed by atoms with E-state index in [0.717, 1.165) is 31.7 Å². The second-order valence-electron chi connectivity index (χ2n) is 5.83. The average molecular weight is 359 g/mol. The van der Waals surface area contributed by atoms with Crippen LogP contribution in [-0.2, 0) is 10.0 Å². The molecule has 130 valence electrons. The maximum Gasteiger partial charge on any atom is 0.265 e. The van der Waals surface area contributed by atoms with Crippen LogP contribution in [-0.4, -0.2) is 18.2 Å². The van der Waals surface area contributed by atoms with E-state index in [2.05, 4.69) is 5.10 Å². The normalized spacial score (nSPS) is 15.8. The van der Waals surface area contributed by atoms with E-state index in [1.54, 1.807) is 4.68 Å². The van der Waals surface area contributed by atoms with Gasteiger partial charge in [-0.15, -0.1) is 0 Å². The molecule has 3 rings (SSSR count). The number of benzene rings is 1. The highest BCUT2D eigenvalue weighted by Crippen LogP contribution is 2.31. The van der Waals surface area contributed by atoms with Gasteiger partial charge in [0.15, 0.2) is 17.5 Å². The minimum absolute atomic E-state index is 0.112. The lowest BCUT2D eigenvalue weighted by Crippen LogP contribution is -2.15. The van der Waals surface area contributed by atoms with Gasteiger partial charge in [-0.3, -0.25) is 9.40 Å². The van der Waals surface area contributed by atoms with Crippen molar-refractivity contribution in [2.75, 3.05) is 4.72 Å². The number of sulfonamides is 1. The summed E-state index contributed by atoms with van der Waals surface area (Å²) >= 11 is 0. The number of nitrogens with zero attached hydrogens (tertiary/aromatic N) is 2. The largest absolute Gasteiger partial charge is 0.276 e. The minimum Gasteiger partial charge on any atom is -0.276 e. The number of rotatable bonds is 4. The lowest BCUT2D eigenvalue weighted by molar-refractivity contribution is 0.449. The topological polar surface area (TPSA) is 64.0 Å². The second-order valence-corrected chi connectivity index (χ2v) is 7.48. The molecule has 2 aromatic rings. The molecular formula is C15H16F3N3O2S. The highest BCUT2D eigenvalue weighted by Gasteiger charge is 2.26. The number of aryl methyl sites for hydroxylation is 1. The summed E-state index contributed by atoms with van der Waals surface area (Å²) in [5.41, 5.74) is -0.390. The van der Waals surface area contributed by atoms with Crippen molar-refractivity contribution in [3.8, 4) is 0 Å². The van der Waals surface area contributed by atoms with Gasteiger partial charge in [0.25, 0.3) is 10.0 Å². The molecule has 1 saturated carbocycles. The highest BCUT2D eigenvalue weighted by molar-refractivity contribution is 7.92. The fourth-order valence-electron chi connectivity index (χ4n) is 2.89. The molecular weight excluding hydrogens is 343 g/mol. The van der Waals surface area contributed by atoms with Gasteiger partial charge in [0, 0.05) is 6.20 Å². The highest BCUT2D eigenvalue weighted by atomic mass is 32.2. The van der Waals surface area contributed by atoms with Crippen LogP contribution in [0.4, 0.5) is 18.9 Å². The Morgan fingerprint density at radius 1 is 1.17 bits per heavy atom. The molecule has 0 bridgehead atoms. The molecule has 0 spiro atoms. The predicted molar refractivity (Wildman–Crippen MR) is 81.6 cm³/mol. The van der Waals surface area contributed by atoms with Crippen molar-refractivity contribution in [1.29, 1.82) is 0 Å². The number of nitrogens with one attached hydrogen (secondary N) is 1. The van der Waals surface area contributed by atoms with E-state index in [4.69, 9.17) is 0 Å². The Morgan fingerprint density at radius 3 is 2.50 bits per heavy atom. The van der Waals surface area contributed by atoms with Crippen molar-refractivity contribution < 1.29 is 21.6 Å². The summed E-state index contributed by atoms with van der Waals surface area (Å²) in [5.74, 6) is -4.70. The first-order chi connectivity index (χ1) is 11.3. The Balaban J connectivity index is 1.92. The van der Waals surface area contributed by atoms with E-state index in [9.17, 15) is 21.6 Å². The van der Waals surface area contributed by atoms with Crippen LogP contribution in [0.1, 0.15) is 37.4 Å². The van der Waals surface area contributed by atoms with E-state index in [1.165, 1.54) is 13.1 Å². The number of aromatic nitrogens is 2. The second kappa shape index (κ2) is 6.12. The Hall–Kier alpha value is -2.03. The number of hydrogen-bond acceptors (Lipinski definition) is 3. The van der Waals surface area contributed by atoms with Crippen molar-refractivity contribution >= 4 is 15.7 Å². The van der Waals surface area contributed by atoms with Crippen LogP contribution in [0, 0.1) is 24.4 Å². The zero-order chi connectivity index (χ0) is 17.5. The van der Waals surface area contributed by atoms with Crippen molar-refractivity contribution in [2.45, 2.75) is 43.5 Å². The Morgan fingerprint density at radius 2 is 1.83 bits per heavy atom. The molecule has 1 aliphatic carbocycles. The van der Waals surface area contributed by atoms with E-state index < -0.39 is 33.2 Å². The number of halogens is 3. The van der Waals surface area contributed by atoms with Crippen molar-refractivity contribution in [3.05, 3.63) is 41.5 Å². The lowest BCUT2D eigenvalue weighted by atomic mass is 10.3. The quantitative estimate of drug-likeness (QED) is 0.850. The standard InChI is InChI=1S/C15H16F3N3O2S/c1-9-13(8-21(19-9)10-4-2-3-5-10)24(22,23)20-12-7-6-11(16)14(17)15(12)18/h6-8,10,20H,2-5H2,1H3. The summed E-state index contributed by atoms with van der Waals surface area (Å²) in [7, 11) is -4.17. The van der Waals surface area contributed by atoms with Gasteiger partial charge in [0.2, 0.25) is 0 Å².